The van der Waals surface area contributed by atoms with Crippen LogP contribution in [0.5, 0.6) is 0 Å². The molecule has 2 aliphatic heterocycles. The Morgan fingerprint density at radius 3 is 2.46 bits per heavy atom. The Labute approximate surface area is 231 Å². The molecule has 39 heavy (non-hydrogen) atoms. The van der Waals surface area contributed by atoms with Crippen LogP contribution in [0, 0.1) is 6.92 Å². The molecule has 0 fully saturated rings. The fourth-order valence-corrected chi connectivity index (χ4v) is 6.63. The van der Waals surface area contributed by atoms with E-state index in [1.807, 2.05) is 36.6 Å². The minimum atomic E-state index is -4.11. The van der Waals surface area contributed by atoms with Crippen LogP contribution in [0.4, 0.5) is 11.4 Å². The zero-order chi connectivity index (χ0) is 28.8. The van der Waals surface area contributed by atoms with Crippen molar-refractivity contribution in [2.24, 2.45) is 0 Å². The first kappa shape index (κ1) is 28.8. The molecule has 0 radical (unpaired) electrons. The molecule has 4 rings (SSSR count). The lowest BCUT2D eigenvalue weighted by Crippen LogP contribution is -2.29. The van der Waals surface area contributed by atoms with Crippen LogP contribution in [0.2, 0.25) is 0 Å². The summed E-state index contributed by atoms with van der Waals surface area (Å²) in [5.74, 6) is -1.36. The Morgan fingerprint density at radius 2 is 1.82 bits per heavy atom. The van der Waals surface area contributed by atoms with E-state index in [9.17, 15) is 22.9 Å². The molecule has 2 N–H and O–H groups in total. The second-order valence-electron chi connectivity index (χ2n) is 11.5. The van der Waals surface area contributed by atoms with Crippen molar-refractivity contribution in [3.05, 3.63) is 82.6 Å². The highest BCUT2D eigenvalue weighted by molar-refractivity contribution is 7.85. The summed E-state index contributed by atoms with van der Waals surface area (Å²) in [6, 6.07) is 11.8. The fourth-order valence-electron chi connectivity index (χ4n) is 6.13. The van der Waals surface area contributed by atoms with Crippen molar-refractivity contribution < 1.29 is 27.4 Å². The molecule has 0 unspecified atom stereocenters. The summed E-state index contributed by atoms with van der Waals surface area (Å²) in [6.07, 6.45) is 7.39. The molecule has 2 aliphatic rings. The molecule has 0 saturated heterocycles. The van der Waals surface area contributed by atoms with Crippen LogP contribution in [0.3, 0.4) is 0 Å². The number of aromatic carboxylic acids is 1. The molecular weight excluding hydrogens is 512 g/mol. The van der Waals surface area contributed by atoms with Gasteiger partial charge in [-0.1, -0.05) is 45.0 Å². The number of fused-ring (bicyclic) bond motifs is 2. The number of carboxylic acid groups (broad SMARTS) is 1. The Hall–Kier alpha value is -3.23. The van der Waals surface area contributed by atoms with Crippen molar-refractivity contribution in [2.45, 2.75) is 65.2 Å². The molecule has 0 aromatic heterocycles. The van der Waals surface area contributed by atoms with Gasteiger partial charge in [-0.15, -0.1) is 0 Å². The Kier molecular flexibility index (Phi) is 7.67. The minimum absolute atomic E-state index is 0.187. The van der Waals surface area contributed by atoms with Gasteiger partial charge < -0.3 is 10.0 Å². The maximum Gasteiger partial charge on any atom is 0.336 e. The van der Waals surface area contributed by atoms with Gasteiger partial charge in [-0.3, -0.25) is 4.55 Å². The summed E-state index contributed by atoms with van der Waals surface area (Å²) < 4.78 is 34.1. The number of benzene rings is 2. The highest BCUT2D eigenvalue weighted by Gasteiger charge is 2.47. The van der Waals surface area contributed by atoms with E-state index >= 15 is 0 Å². The van der Waals surface area contributed by atoms with Gasteiger partial charge in [0.2, 0.25) is 5.69 Å². The van der Waals surface area contributed by atoms with Crippen LogP contribution in [-0.2, 0) is 20.9 Å². The monoisotopic (exact) mass is 551 g/mol. The van der Waals surface area contributed by atoms with Gasteiger partial charge in [0, 0.05) is 41.9 Å². The van der Waals surface area contributed by atoms with Gasteiger partial charge >= 0.3 is 5.97 Å². The number of carboxylic acids is 1. The molecule has 0 amide bonds. The van der Waals surface area contributed by atoms with E-state index in [1.165, 1.54) is 22.5 Å². The van der Waals surface area contributed by atoms with Crippen LogP contribution >= 0.6 is 0 Å². The molecule has 2 aromatic rings. The van der Waals surface area contributed by atoms with E-state index in [1.54, 1.807) is 12.1 Å². The molecule has 0 spiro atoms. The molecule has 208 valence electrons. The zero-order valence-electron chi connectivity index (χ0n) is 23.7. The second-order valence-corrected chi connectivity index (χ2v) is 13.1. The topological polar surface area (TPSA) is 97.9 Å². The maximum absolute atomic E-state index is 12.1. The number of hydrogen-bond donors (Lipinski definition) is 2. The largest absolute Gasteiger partial charge is 0.478 e. The Balaban J connectivity index is 1.80. The van der Waals surface area contributed by atoms with E-state index in [4.69, 9.17) is 0 Å². The van der Waals surface area contributed by atoms with Crippen molar-refractivity contribution in [1.29, 1.82) is 0 Å². The first-order valence-electron chi connectivity index (χ1n) is 13.4. The normalized spacial score (nSPS) is 18.7. The molecule has 0 atom stereocenters. The van der Waals surface area contributed by atoms with Crippen molar-refractivity contribution in [1.82, 2.24) is 0 Å². The van der Waals surface area contributed by atoms with Gasteiger partial charge in [0.1, 0.15) is 6.54 Å². The van der Waals surface area contributed by atoms with Crippen LogP contribution in [-0.4, -0.2) is 53.2 Å². The second kappa shape index (κ2) is 10.4. The van der Waals surface area contributed by atoms with Crippen molar-refractivity contribution in [3.63, 3.8) is 0 Å². The predicted octanol–water partition coefficient (Wildman–Crippen LogP) is 6.00. The maximum atomic E-state index is 12.1. The molecule has 0 saturated carbocycles. The van der Waals surface area contributed by atoms with E-state index in [2.05, 4.69) is 56.9 Å². The lowest BCUT2D eigenvalue weighted by molar-refractivity contribution is -0.437. The van der Waals surface area contributed by atoms with Gasteiger partial charge in [0.05, 0.1) is 22.3 Å². The number of allylic oxidation sites excluding steroid dienone is 4. The van der Waals surface area contributed by atoms with Gasteiger partial charge in [-0.2, -0.15) is 13.0 Å². The van der Waals surface area contributed by atoms with Crippen LogP contribution in [0.15, 0.2) is 60.3 Å². The number of aryl methyl sites for hydroxylation is 1. The number of hydrogen-bond acceptors (Lipinski definition) is 4. The summed E-state index contributed by atoms with van der Waals surface area (Å²) >= 11 is 0. The lowest BCUT2D eigenvalue weighted by Gasteiger charge is -2.26. The molecule has 0 aliphatic carbocycles. The van der Waals surface area contributed by atoms with Gasteiger partial charge in [0.15, 0.2) is 5.71 Å². The molecule has 0 bridgehead atoms. The third-order valence-electron chi connectivity index (χ3n) is 7.91. The summed E-state index contributed by atoms with van der Waals surface area (Å²) in [4.78, 5) is 14.5. The van der Waals surface area contributed by atoms with E-state index in [0.29, 0.717) is 12.1 Å². The van der Waals surface area contributed by atoms with Gasteiger partial charge in [-0.05, 0) is 56.5 Å². The SMILES string of the molecule is CCCN1/C(=C/C=C/C2=[N+](CCCS(=O)(=O)O)c3cccc(C(=O)O)c3C2(C)C)C(C)(C)c2ccc(C)cc21. The van der Waals surface area contributed by atoms with Crippen molar-refractivity contribution in [2.75, 3.05) is 23.7 Å². The standard InChI is InChI=1S/C31H38N2O5S/c1-7-17-32-25-20-21(2)15-16-23(25)30(3,4)26(32)13-9-14-27-31(5,6)28-22(29(34)35)11-8-12-24(28)33(27)18-10-19-39(36,37)38/h8-9,11-16,20H,7,10,17-19H2,1-6H3,(H-,34,35,36,37,38)/p+1. The van der Waals surface area contributed by atoms with E-state index in [0.717, 1.165) is 24.4 Å². The lowest BCUT2D eigenvalue weighted by atomic mass is 9.79. The molecule has 7 nitrogen and oxygen atoms in total. The first-order valence-corrected chi connectivity index (χ1v) is 15.1. The minimum Gasteiger partial charge on any atom is -0.478 e. The van der Waals surface area contributed by atoms with Crippen LogP contribution < -0.4 is 4.90 Å². The van der Waals surface area contributed by atoms with Crippen LogP contribution in [0.25, 0.3) is 0 Å². The van der Waals surface area contributed by atoms with Crippen LogP contribution in [0.1, 0.15) is 74.5 Å². The highest BCUT2D eigenvalue weighted by atomic mass is 32.2. The number of anilines is 1. The predicted molar refractivity (Wildman–Crippen MR) is 156 cm³/mol. The highest BCUT2D eigenvalue weighted by Crippen LogP contribution is 2.48. The summed E-state index contributed by atoms with van der Waals surface area (Å²) in [5, 5.41) is 9.93. The van der Waals surface area contributed by atoms with E-state index < -0.39 is 21.5 Å². The molecule has 8 heteroatoms. The van der Waals surface area contributed by atoms with Crippen molar-refractivity contribution in [3.8, 4) is 0 Å². The zero-order valence-corrected chi connectivity index (χ0v) is 24.5. The quantitative estimate of drug-likeness (QED) is 0.293. The average Bonchev–Trinajstić information content (AvgIpc) is 3.17. The summed E-state index contributed by atoms with van der Waals surface area (Å²) in [6.45, 7) is 14.0. The Bertz CT molecular complexity index is 1510. The third kappa shape index (κ3) is 5.32. The van der Waals surface area contributed by atoms with Gasteiger partial charge in [0.25, 0.3) is 10.1 Å². The summed E-state index contributed by atoms with van der Waals surface area (Å²) in [5.41, 5.74) is 6.69. The van der Waals surface area contributed by atoms with E-state index in [-0.39, 0.29) is 23.2 Å². The Morgan fingerprint density at radius 1 is 1.10 bits per heavy atom. The van der Waals surface area contributed by atoms with Gasteiger partial charge in [-0.25, -0.2) is 4.79 Å². The molecular formula is C31H39N2O5S+. The fraction of sp³-hybridized carbons (Fsp3) is 0.419. The summed E-state index contributed by atoms with van der Waals surface area (Å²) in [7, 11) is -4.11. The third-order valence-corrected chi connectivity index (χ3v) is 8.71. The first-order chi connectivity index (χ1) is 18.2. The molecule has 2 aromatic carbocycles. The number of carbonyl (C=O) groups is 1. The van der Waals surface area contributed by atoms with Crippen molar-refractivity contribution >= 4 is 33.2 Å². The smallest absolute Gasteiger partial charge is 0.336 e. The number of rotatable bonds is 9. The average molecular weight is 552 g/mol. The number of nitrogens with zero attached hydrogens (tertiary/aromatic N) is 2. The molecule has 2 heterocycles.